The number of aliphatic carboxylic acids is 1. The number of carbonyl (C=O) groups excluding carboxylic acids is 1. The van der Waals surface area contributed by atoms with Crippen LogP contribution in [0.3, 0.4) is 0 Å². The molecule has 0 aromatic rings. The number of amides is 1. The van der Waals surface area contributed by atoms with Gasteiger partial charge in [-0.05, 0) is 38.9 Å². The number of rotatable bonds is 7. The van der Waals surface area contributed by atoms with Crippen molar-refractivity contribution in [3.05, 3.63) is 0 Å². The fourth-order valence-corrected chi connectivity index (χ4v) is 2.35. The fraction of sp³-hybridized carbons (Fsp3) is 0.857. The average Bonchev–Trinajstić information content (AvgIpc) is 2.60. The summed E-state index contributed by atoms with van der Waals surface area (Å²) in [7, 11) is 3.57. The molecule has 1 aliphatic rings. The molecule has 1 fully saturated rings. The fourth-order valence-electron chi connectivity index (χ4n) is 2.35. The number of hydrogen-bond acceptors (Lipinski definition) is 4. The monoisotopic (exact) mass is 285 g/mol. The molecule has 20 heavy (non-hydrogen) atoms. The van der Waals surface area contributed by atoms with Crippen LogP contribution in [0.2, 0.25) is 0 Å². The highest BCUT2D eigenvalue weighted by molar-refractivity contribution is 5.77. The van der Waals surface area contributed by atoms with Gasteiger partial charge in [-0.25, -0.2) is 0 Å². The molecule has 1 aliphatic heterocycles. The van der Waals surface area contributed by atoms with Crippen molar-refractivity contribution in [2.45, 2.75) is 25.7 Å². The third-order valence-corrected chi connectivity index (χ3v) is 3.65. The molecule has 1 rings (SSSR count). The topological polar surface area (TPSA) is 64.1 Å². The minimum atomic E-state index is -0.714. The zero-order chi connectivity index (χ0) is 15.0. The summed E-state index contributed by atoms with van der Waals surface area (Å²) < 4.78 is 0. The maximum Gasteiger partial charge on any atom is 0.303 e. The summed E-state index contributed by atoms with van der Waals surface area (Å²) in [6, 6.07) is 0. The lowest BCUT2D eigenvalue weighted by atomic mass is 10.2. The van der Waals surface area contributed by atoms with Crippen LogP contribution in [-0.2, 0) is 9.59 Å². The first-order valence-corrected chi connectivity index (χ1v) is 7.35. The van der Waals surface area contributed by atoms with E-state index in [-0.39, 0.29) is 12.3 Å². The molecule has 0 bridgehead atoms. The normalized spacial score (nSPS) is 17.7. The predicted octanol–water partition coefficient (Wildman–Crippen LogP) is 0.337. The van der Waals surface area contributed by atoms with Gasteiger partial charge in [-0.15, -0.1) is 0 Å². The van der Waals surface area contributed by atoms with Crippen LogP contribution in [0.4, 0.5) is 0 Å². The summed E-state index contributed by atoms with van der Waals surface area (Å²) in [5.74, 6) is -0.561. The van der Waals surface area contributed by atoms with Gasteiger partial charge in [0.1, 0.15) is 0 Å². The zero-order valence-corrected chi connectivity index (χ0v) is 12.7. The summed E-state index contributed by atoms with van der Waals surface area (Å²) in [5.41, 5.74) is 0. The maximum absolute atomic E-state index is 11.7. The summed E-state index contributed by atoms with van der Waals surface area (Å²) in [5, 5.41) is 8.60. The van der Waals surface area contributed by atoms with Crippen LogP contribution >= 0.6 is 0 Å². The van der Waals surface area contributed by atoms with Crippen LogP contribution < -0.4 is 0 Å². The molecule has 0 saturated carbocycles. The number of hydrogen-bond donors (Lipinski definition) is 1. The average molecular weight is 285 g/mol. The van der Waals surface area contributed by atoms with Crippen LogP contribution in [0, 0.1) is 0 Å². The van der Waals surface area contributed by atoms with Gasteiger partial charge < -0.3 is 14.9 Å². The van der Waals surface area contributed by atoms with E-state index in [1.165, 1.54) is 0 Å². The van der Waals surface area contributed by atoms with Crippen LogP contribution in [0.1, 0.15) is 25.7 Å². The second kappa shape index (κ2) is 8.92. The van der Waals surface area contributed by atoms with Gasteiger partial charge in [0.2, 0.25) is 5.91 Å². The molecule has 0 aliphatic carbocycles. The number of carbonyl (C=O) groups is 2. The molecule has 1 amide bonds. The molecule has 6 nitrogen and oxygen atoms in total. The second-order valence-electron chi connectivity index (χ2n) is 5.61. The lowest BCUT2D eigenvalue weighted by Crippen LogP contribution is -2.38. The van der Waals surface area contributed by atoms with Crippen LogP contribution in [0.5, 0.6) is 0 Å². The molecule has 116 valence electrons. The van der Waals surface area contributed by atoms with Crippen molar-refractivity contribution in [2.24, 2.45) is 0 Å². The largest absolute Gasteiger partial charge is 0.481 e. The molecular formula is C14H27N3O3. The van der Waals surface area contributed by atoms with Gasteiger partial charge in [-0.2, -0.15) is 0 Å². The Morgan fingerprint density at radius 2 is 1.70 bits per heavy atom. The Balaban J connectivity index is 2.22. The minimum absolute atomic E-state index is 0.153. The molecule has 1 heterocycles. The molecule has 0 spiro atoms. The van der Waals surface area contributed by atoms with Gasteiger partial charge in [0, 0.05) is 33.6 Å². The van der Waals surface area contributed by atoms with Crippen LogP contribution in [0.15, 0.2) is 0 Å². The highest BCUT2D eigenvalue weighted by atomic mass is 16.4. The molecule has 6 heteroatoms. The molecule has 0 aromatic heterocycles. The van der Waals surface area contributed by atoms with Crippen LogP contribution in [-0.4, -0.2) is 85.0 Å². The summed E-state index contributed by atoms with van der Waals surface area (Å²) in [6.45, 7) is 5.35. The van der Waals surface area contributed by atoms with E-state index >= 15 is 0 Å². The number of unbranched alkanes of at least 4 members (excludes halogenated alkanes) is 1. The third kappa shape index (κ3) is 6.86. The van der Waals surface area contributed by atoms with E-state index in [4.69, 9.17) is 5.11 Å². The van der Waals surface area contributed by atoms with Crippen LogP contribution in [0.25, 0.3) is 0 Å². The van der Waals surface area contributed by atoms with Gasteiger partial charge in [0.05, 0.1) is 6.54 Å². The van der Waals surface area contributed by atoms with Gasteiger partial charge in [-0.3, -0.25) is 14.5 Å². The lowest BCUT2D eigenvalue weighted by Gasteiger charge is -2.22. The quantitative estimate of drug-likeness (QED) is 0.683. The Hall–Kier alpha value is -1.14. The Morgan fingerprint density at radius 3 is 2.35 bits per heavy atom. The van der Waals surface area contributed by atoms with Gasteiger partial charge in [-0.1, -0.05) is 0 Å². The second-order valence-corrected chi connectivity index (χ2v) is 5.61. The highest BCUT2D eigenvalue weighted by Crippen LogP contribution is 2.06. The molecular weight excluding hydrogens is 258 g/mol. The van der Waals surface area contributed by atoms with Crippen molar-refractivity contribution in [3.8, 4) is 0 Å². The van der Waals surface area contributed by atoms with E-state index in [1.807, 2.05) is 0 Å². The Kier molecular flexibility index (Phi) is 7.54. The van der Waals surface area contributed by atoms with Crippen molar-refractivity contribution >= 4 is 11.9 Å². The lowest BCUT2D eigenvalue weighted by molar-refractivity contribution is -0.137. The van der Waals surface area contributed by atoms with Crippen molar-refractivity contribution in [3.63, 3.8) is 0 Å². The van der Waals surface area contributed by atoms with Gasteiger partial charge in [0.15, 0.2) is 0 Å². The standard InChI is InChI=1S/C14H27N3O3/c1-15(2)13(18)12-17-9-5-8-16(10-11-17)7-4-3-6-14(19)20/h3-12H2,1-2H3,(H,19,20). The molecule has 0 aromatic carbocycles. The van der Waals surface area contributed by atoms with Crippen molar-refractivity contribution in [1.29, 1.82) is 0 Å². The first-order chi connectivity index (χ1) is 9.49. The zero-order valence-electron chi connectivity index (χ0n) is 12.7. The van der Waals surface area contributed by atoms with E-state index in [1.54, 1.807) is 19.0 Å². The first kappa shape index (κ1) is 16.9. The summed E-state index contributed by atoms with van der Waals surface area (Å²) in [6.07, 6.45) is 3.01. The maximum atomic E-state index is 11.7. The summed E-state index contributed by atoms with van der Waals surface area (Å²) in [4.78, 5) is 28.4. The molecule has 1 saturated heterocycles. The van der Waals surface area contributed by atoms with Gasteiger partial charge >= 0.3 is 5.97 Å². The SMILES string of the molecule is CN(C)C(=O)CN1CCCN(CCCCC(=O)O)CC1. The number of nitrogens with zero attached hydrogens (tertiary/aromatic N) is 3. The summed E-state index contributed by atoms with van der Waals surface area (Å²) >= 11 is 0. The van der Waals surface area contributed by atoms with E-state index in [0.29, 0.717) is 6.54 Å². The van der Waals surface area contributed by atoms with Crippen molar-refractivity contribution in [2.75, 3.05) is 53.4 Å². The van der Waals surface area contributed by atoms with E-state index in [0.717, 1.165) is 52.0 Å². The Morgan fingerprint density at radius 1 is 1.05 bits per heavy atom. The molecule has 0 atom stereocenters. The first-order valence-electron chi connectivity index (χ1n) is 7.35. The van der Waals surface area contributed by atoms with Gasteiger partial charge in [0.25, 0.3) is 0 Å². The number of carboxylic acid groups (broad SMARTS) is 1. The molecule has 1 N–H and O–H groups in total. The predicted molar refractivity (Wildman–Crippen MR) is 77.7 cm³/mol. The molecule has 0 radical (unpaired) electrons. The smallest absolute Gasteiger partial charge is 0.303 e. The number of carboxylic acids is 1. The Labute approximate surface area is 121 Å². The molecule has 0 unspecified atom stereocenters. The highest BCUT2D eigenvalue weighted by Gasteiger charge is 2.17. The van der Waals surface area contributed by atoms with E-state index < -0.39 is 5.97 Å². The Bertz CT molecular complexity index is 321. The van der Waals surface area contributed by atoms with E-state index in [2.05, 4.69) is 9.80 Å². The van der Waals surface area contributed by atoms with Crippen molar-refractivity contribution in [1.82, 2.24) is 14.7 Å². The van der Waals surface area contributed by atoms with E-state index in [9.17, 15) is 9.59 Å². The minimum Gasteiger partial charge on any atom is -0.481 e. The van der Waals surface area contributed by atoms with Crippen molar-refractivity contribution < 1.29 is 14.7 Å². The number of likely N-dealkylation sites (N-methyl/N-ethyl adjacent to an activating group) is 1. The third-order valence-electron chi connectivity index (χ3n) is 3.65.